The molecule has 5 heteroatoms. The molecule has 1 heterocycles. The molecule has 5 nitrogen and oxygen atoms in total. The van der Waals surface area contributed by atoms with Crippen LogP contribution in [-0.4, -0.2) is 24.1 Å². The number of nitrogens with one attached hydrogen (secondary N) is 1. The third-order valence-electron chi connectivity index (χ3n) is 3.17. The molecule has 0 radical (unpaired) electrons. The zero-order valence-corrected chi connectivity index (χ0v) is 13.9. The first-order chi connectivity index (χ1) is 11.0. The Morgan fingerprint density at radius 1 is 1.26 bits per heavy atom. The SMILES string of the molecule is COc1ccc(C(=O)NCc2cccc(C)n2)c(OC(C)C)c1. The summed E-state index contributed by atoms with van der Waals surface area (Å²) in [4.78, 5) is 16.8. The number of ether oxygens (including phenoxy) is 2. The van der Waals surface area contributed by atoms with Crippen molar-refractivity contribution in [2.45, 2.75) is 33.4 Å². The van der Waals surface area contributed by atoms with Crippen molar-refractivity contribution in [3.8, 4) is 11.5 Å². The van der Waals surface area contributed by atoms with Crippen molar-refractivity contribution < 1.29 is 14.3 Å². The molecule has 0 bridgehead atoms. The first-order valence-electron chi connectivity index (χ1n) is 7.55. The van der Waals surface area contributed by atoms with Gasteiger partial charge in [0.2, 0.25) is 0 Å². The topological polar surface area (TPSA) is 60.5 Å². The summed E-state index contributed by atoms with van der Waals surface area (Å²) in [5.41, 5.74) is 2.22. The van der Waals surface area contributed by atoms with Gasteiger partial charge in [-0.05, 0) is 45.0 Å². The maximum Gasteiger partial charge on any atom is 0.255 e. The highest BCUT2D eigenvalue weighted by Gasteiger charge is 2.15. The van der Waals surface area contributed by atoms with E-state index in [2.05, 4.69) is 10.3 Å². The number of hydrogen-bond acceptors (Lipinski definition) is 4. The van der Waals surface area contributed by atoms with Crippen molar-refractivity contribution in [1.29, 1.82) is 0 Å². The van der Waals surface area contributed by atoms with Gasteiger partial charge in [0.15, 0.2) is 0 Å². The van der Waals surface area contributed by atoms with Crippen molar-refractivity contribution in [3.63, 3.8) is 0 Å². The van der Waals surface area contributed by atoms with Crippen LogP contribution in [0, 0.1) is 6.92 Å². The lowest BCUT2D eigenvalue weighted by molar-refractivity contribution is 0.0944. The van der Waals surface area contributed by atoms with Crippen LogP contribution in [0.1, 0.15) is 35.6 Å². The number of carbonyl (C=O) groups excluding carboxylic acids is 1. The van der Waals surface area contributed by atoms with Crippen LogP contribution >= 0.6 is 0 Å². The minimum Gasteiger partial charge on any atom is -0.497 e. The van der Waals surface area contributed by atoms with Gasteiger partial charge in [-0.1, -0.05) is 6.07 Å². The highest BCUT2D eigenvalue weighted by molar-refractivity contribution is 5.97. The second-order valence-corrected chi connectivity index (χ2v) is 5.48. The van der Waals surface area contributed by atoms with Gasteiger partial charge in [-0.15, -0.1) is 0 Å². The molecule has 0 aliphatic rings. The average molecular weight is 314 g/mol. The number of carbonyl (C=O) groups is 1. The summed E-state index contributed by atoms with van der Waals surface area (Å²) in [7, 11) is 1.58. The van der Waals surface area contributed by atoms with E-state index in [9.17, 15) is 4.79 Å². The van der Waals surface area contributed by atoms with Gasteiger partial charge in [0.1, 0.15) is 11.5 Å². The quantitative estimate of drug-likeness (QED) is 0.890. The van der Waals surface area contributed by atoms with Gasteiger partial charge >= 0.3 is 0 Å². The number of hydrogen-bond donors (Lipinski definition) is 1. The van der Waals surface area contributed by atoms with Gasteiger partial charge in [-0.3, -0.25) is 9.78 Å². The minimum absolute atomic E-state index is 0.0351. The van der Waals surface area contributed by atoms with Gasteiger partial charge in [-0.2, -0.15) is 0 Å². The third-order valence-corrected chi connectivity index (χ3v) is 3.17. The van der Waals surface area contributed by atoms with Gasteiger partial charge < -0.3 is 14.8 Å². The van der Waals surface area contributed by atoms with E-state index in [-0.39, 0.29) is 12.0 Å². The van der Waals surface area contributed by atoms with Crippen LogP contribution in [0.25, 0.3) is 0 Å². The van der Waals surface area contributed by atoms with E-state index in [0.717, 1.165) is 11.4 Å². The van der Waals surface area contributed by atoms with Crippen LogP contribution in [0.5, 0.6) is 11.5 Å². The predicted molar refractivity (Wildman–Crippen MR) is 88.9 cm³/mol. The normalized spacial score (nSPS) is 10.5. The largest absolute Gasteiger partial charge is 0.497 e. The Labute approximate surface area is 136 Å². The number of benzene rings is 1. The monoisotopic (exact) mass is 314 g/mol. The maximum atomic E-state index is 12.4. The lowest BCUT2D eigenvalue weighted by Gasteiger charge is -2.15. The van der Waals surface area contributed by atoms with Gasteiger partial charge in [0, 0.05) is 11.8 Å². The van der Waals surface area contributed by atoms with Crippen LogP contribution < -0.4 is 14.8 Å². The molecule has 0 aliphatic heterocycles. The smallest absolute Gasteiger partial charge is 0.255 e. The molecule has 0 atom stereocenters. The Morgan fingerprint density at radius 2 is 2.04 bits per heavy atom. The maximum absolute atomic E-state index is 12.4. The lowest BCUT2D eigenvalue weighted by atomic mass is 10.1. The van der Waals surface area contributed by atoms with Crippen LogP contribution in [0.4, 0.5) is 0 Å². The standard InChI is InChI=1S/C18H22N2O3/c1-12(2)23-17-10-15(22-4)8-9-16(17)18(21)19-11-14-7-5-6-13(3)20-14/h5-10,12H,11H2,1-4H3,(H,19,21). The Balaban J connectivity index is 2.14. The molecule has 2 rings (SSSR count). The van der Waals surface area contributed by atoms with Crippen LogP contribution in [-0.2, 0) is 6.54 Å². The summed E-state index contributed by atoms with van der Waals surface area (Å²) in [5.74, 6) is 0.957. The number of aryl methyl sites for hydroxylation is 1. The van der Waals surface area contributed by atoms with E-state index in [1.54, 1.807) is 25.3 Å². The molecular formula is C18H22N2O3. The number of pyridine rings is 1. The van der Waals surface area contributed by atoms with E-state index < -0.39 is 0 Å². The molecule has 1 aromatic heterocycles. The number of nitrogens with zero attached hydrogens (tertiary/aromatic N) is 1. The first-order valence-corrected chi connectivity index (χ1v) is 7.55. The molecule has 1 N–H and O–H groups in total. The summed E-state index contributed by atoms with van der Waals surface area (Å²) in [6.45, 7) is 6.12. The fourth-order valence-electron chi connectivity index (χ4n) is 2.13. The molecule has 0 saturated heterocycles. The second-order valence-electron chi connectivity index (χ2n) is 5.48. The van der Waals surface area contributed by atoms with Gasteiger partial charge in [0.25, 0.3) is 5.91 Å². The Morgan fingerprint density at radius 3 is 2.70 bits per heavy atom. The van der Waals surface area contributed by atoms with E-state index in [1.807, 2.05) is 39.0 Å². The number of rotatable bonds is 6. The fourth-order valence-corrected chi connectivity index (χ4v) is 2.13. The minimum atomic E-state index is -0.202. The zero-order chi connectivity index (χ0) is 16.8. The zero-order valence-electron chi connectivity index (χ0n) is 13.9. The molecule has 0 spiro atoms. The van der Waals surface area contributed by atoms with Crippen LogP contribution in [0.2, 0.25) is 0 Å². The highest BCUT2D eigenvalue weighted by atomic mass is 16.5. The second kappa shape index (κ2) is 7.63. The predicted octanol–water partition coefficient (Wildman–Crippen LogP) is 3.12. The molecular weight excluding hydrogens is 292 g/mol. The van der Waals surface area contributed by atoms with Crippen LogP contribution in [0.15, 0.2) is 36.4 Å². The first kappa shape index (κ1) is 16.8. The molecule has 0 aliphatic carbocycles. The average Bonchev–Trinajstić information content (AvgIpc) is 2.52. The van der Waals surface area contributed by atoms with Crippen molar-refractivity contribution in [1.82, 2.24) is 10.3 Å². The molecule has 122 valence electrons. The summed E-state index contributed by atoms with van der Waals surface area (Å²) >= 11 is 0. The van der Waals surface area contributed by atoms with Gasteiger partial charge in [-0.25, -0.2) is 0 Å². The summed E-state index contributed by atoms with van der Waals surface area (Å²) in [6, 6.07) is 10.9. The molecule has 23 heavy (non-hydrogen) atoms. The number of methoxy groups -OCH3 is 1. The number of amides is 1. The van der Waals surface area contributed by atoms with E-state index >= 15 is 0 Å². The summed E-state index contributed by atoms with van der Waals surface area (Å²) < 4.78 is 10.9. The molecule has 0 unspecified atom stereocenters. The highest BCUT2D eigenvalue weighted by Crippen LogP contribution is 2.26. The fraction of sp³-hybridized carbons (Fsp3) is 0.333. The lowest BCUT2D eigenvalue weighted by Crippen LogP contribution is -2.24. The van der Waals surface area contributed by atoms with E-state index in [1.165, 1.54) is 0 Å². The van der Waals surface area contributed by atoms with Crippen molar-refractivity contribution in [2.24, 2.45) is 0 Å². The Kier molecular flexibility index (Phi) is 5.57. The molecule has 1 amide bonds. The van der Waals surface area contributed by atoms with Crippen molar-refractivity contribution >= 4 is 5.91 Å². The van der Waals surface area contributed by atoms with Crippen molar-refractivity contribution in [2.75, 3.05) is 7.11 Å². The number of aromatic nitrogens is 1. The van der Waals surface area contributed by atoms with Crippen LogP contribution in [0.3, 0.4) is 0 Å². The third kappa shape index (κ3) is 4.71. The molecule has 0 fully saturated rings. The summed E-state index contributed by atoms with van der Waals surface area (Å²) in [6.07, 6.45) is -0.0351. The molecule has 2 aromatic rings. The Bertz CT molecular complexity index is 684. The van der Waals surface area contributed by atoms with E-state index in [0.29, 0.717) is 23.6 Å². The van der Waals surface area contributed by atoms with Gasteiger partial charge in [0.05, 0.1) is 31.0 Å². The molecule has 0 saturated carbocycles. The Hall–Kier alpha value is -2.56. The summed E-state index contributed by atoms with van der Waals surface area (Å²) in [5, 5.41) is 2.87. The molecule has 1 aromatic carbocycles. The van der Waals surface area contributed by atoms with E-state index in [4.69, 9.17) is 9.47 Å². The van der Waals surface area contributed by atoms with Crippen molar-refractivity contribution in [3.05, 3.63) is 53.3 Å².